The first kappa shape index (κ1) is 15.2. The van der Waals surface area contributed by atoms with E-state index >= 15 is 0 Å². The molecule has 1 saturated heterocycles. The molecule has 0 spiro atoms. The molecule has 1 fully saturated rings. The second kappa shape index (κ2) is 7.02. The molecule has 0 atom stereocenters. The highest BCUT2D eigenvalue weighted by molar-refractivity contribution is 5.85. The molecule has 1 N–H and O–H groups in total. The number of carboxylic acid groups (broad SMARTS) is 1. The number of nitrogens with zero attached hydrogens (tertiary/aromatic N) is 1. The molecule has 21 heavy (non-hydrogen) atoms. The number of hydrogen-bond acceptors (Lipinski definition) is 2. The Kier molecular flexibility index (Phi) is 5.09. The lowest BCUT2D eigenvalue weighted by Crippen LogP contribution is -2.30. The van der Waals surface area contributed by atoms with Crippen LogP contribution in [0.15, 0.2) is 24.3 Å². The van der Waals surface area contributed by atoms with Crippen LogP contribution in [0.3, 0.4) is 0 Å². The number of hydrogen-bond donors (Lipinski definition) is 1. The van der Waals surface area contributed by atoms with Gasteiger partial charge in [-0.1, -0.05) is 18.6 Å². The average molecular weight is 291 g/mol. The smallest absolute Gasteiger partial charge is 0.328 e. The van der Waals surface area contributed by atoms with Gasteiger partial charge in [-0.25, -0.2) is 9.18 Å². The van der Waals surface area contributed by atoms with E-state index in [4.69, 9.17) is 5.11 Å². The Morgan fingerprint density at radius 1 is 1.33 bits per heavy atom. The number of amides is 1. The van der Waals surface area contributed by atoms with Crippen molar-refractivity contribution in [2.24, 2.45) is 0 Å². The van der Waals surface area contributed by atoms with Crippen LogP contribution in [0.1, 0.15) is 36.8 Å². The third kappa shape index (κ3) is 4.41. The van der Waals surface area contributed by atoms with Crippen molar-refractivity contribution in [3.63, 3.8) is 0 Å². The van der Waals surface area contributed by atoms with Gasteiger partial charge in [0.2, 0.25) is 5.91 Å². The zero-order valence-electron chi connectivity index (χ0n) is 11.7. The second-order valence-corrected chi connectivity index (χ2v) is 5.15. The molecule has 0 saturated carbocycles. The molecule has 0 aliphatic carbocycles. The van der Waals surface area contributed by atoms with E-state index in [9.17, 15) is 14.0 Å². The summed E-state index contributed by atoms with van der Waals surface area (Å²) in [5.74, 6) is -1.42. The summed E-state index contributed by atoms with van der Waals surface area (Å²) in [6, 6.07) is 4.55. The summed E-state index contributed by atoms with van der Waals surface area (Å²) in [5, 5.41) is 8.55. The standard InChI is InChI=1S/C16H18FNO3/c17-14-10-12(6-8-16(20)21)5-7-13(14)11-18-9-3-1-2-4-15(18)19/h5-8,10H,1-4,9,11H2,(H,20,21). The average Bonchev–Trinajstić information content (AvgIpc) is 2.64. The molecule has 4 nitrogen and oxygen atoms in total. The lowest BCUT2D eigenvalue weighted by atomic mass is 10.1. The maximum Gasteiger partial charge on any atom is 0.328 e. The van der Waals surface area contributed by atoms with Gasteiger partial charge in [-0.3, -0.25) is 4.79 Å². The zero-order valence-corrected chi connectivity index (χ0v) is 11.7. The summed E-state index contributed by atoms with van der Waals surface area (Å²) in [5.41, 5.74) is 0.943. The number of carboxylic acids is 1. The Balaban J connectivity index is 2.09. The Hall–Kier alpha value is -2.17. The number of likely N-dealkylation sites (tertiary alicyclic amines) is 1. The molecule has 1 aliphatic heterocycles. The zero-order chi connectivity index (χ0) is 15.2. The fourth-order valence-electron chi connectivity index (χ4n) is 2.37. The predicted octanol–water partition coefficient (Wildman–Crippen LogP) is 2.83. The van der Waals surface area contributed by atoms with Crippen LogP contribution in [-0.4, -0.2) is 28.4 Å². The van der Waals surface area contributed by atoms with Gasteiger partial charge >= 0.3 is 5.97 Å². The molecular weight excluding hydrogens is 273 g/mol. The molecular formula is C16H18FNO3. The van der Waals surface area contributed by atoms with Crippen molar-refractivity contribution >= 4 is 18.0 Å². The maximum absolute atomic E-state index is 14.0. The monoisotopic (exact) mass is 291 g/mol. The van der Waals surface area contributed by atoms with Crippen LogP contribution in [0, 0.1) is 5.82 Å². The highest BCUT2D eigenvalue weighted by Crippen LogP contribution is 2.18. The topological polar surface area (TPSA) is 57.6 Å². The van der Waals surface area contributed by atoms with Crippen LogP contribution in [0.2, 0.25) is 0 Å². The number of carbonyl (C=O) groups is 2. The number of benzene rings is 1. The minimum absolute atomic E-state index is 0.0711. The Bertz CT molecular complexity index is 569. The fourth-order valence-corrected chi connectivity index (χ4v) is 2.37. The summed E-state index contributed by atoms with van der Waals surface area (Å²) < 4.78 is 14.0. The Morgan fingerprint density at radius 3 is 2.86 bits per heavy atom. The van der Waals surface area contributed by atoms with Crippen molar-refractivity contribution in [1.29, 1.82) is 0 Å². The van der Waals surface area contributed by atoms with Crippen molar-refractivity contribution in [2.45, 2.75) is 32.2 Å². The SMILES string of the molecule is O=C(O)C=Cc1ccc(CN2CCCCCC2=O)c(F)c1. The molecule has 0 bridgehead atoms. The molecule has 2 rings (SSSR count). The van der Waals surface area contributed by atoms with E-state index in [2.05, 4.69) is 0 Å². The Morgan fingerprint density at radius 2 is 2.14 bits per heavy atom. The predicted molar refractivity (Wildman–Crippen MR) is 77.0 cm³/mol. The van der Waals surface area contributed by atoms with E-state index < -0.39 is 11.8 Å². The normalized spacial score (nSPS) is 16.2. The van der Waals surface area contributed by atoms with Crippen LogP contribution in [0.25, 0.3) is 6.08 Å². The van der Waals surface area contributed by atoms with Crippen LogP contribution in [-0.2, 0) is 16.1 Å². The van der Waals surface area contributed by atoms with Gasteiger partial charge in [0.05, 0.1) is 0 Å². The molecule has 1 amide bonds. The first-order chi connectivity index (χ1) is 10.1. The highest BCUT2D eigenvalue weighted by Gasteiger charge is 2.18. The van der Waals surface area contributed by atoms with Crippen molar-refractivity contribution < 1.29 is 19.1 Å². The molecule has 1 aliphatic rings. The molecule has 5 heteroatoms. The molecule has 0 radical (unpaired) electrons. The van der Waals surface area contributed by atoms with E-state index in [0.717, 1.165) is 25.3 Å². The summed E-state index contributed by atoms with van der Waals surface area (Å²) in [4.78, 5) is 24.0. The van der Waals surface area contributed by atoms with E-state index in [-0.39, 0.29) is 12.5 Å². The van der Waals surface area contributed by atoms with Gasteiger partial charge in [-0.15, -0.1) is 0 Å². The summed E-state index contributed by atoms with van der Waals surface area (Å²) in [7, 11) is 0. The third-order valence-electron chi connectivity index (χ3n) is 3.53. The first-order valence-electron chi connectivity index (χ1n) is 7.03. The summed E-state index contributed by atoms with van der Waals surface area (Å²) in [6.07, 6.45) is 5.72. The maximum atomic E-state index is 14.0. The van der Waals surface area contributed by atoms with Crippen molar-refractivity contribution in [2.75, 3.05) is 6.54 Å². The van der Waals surface area contributed by atoms with Crippen LogP contribution < -0.4 is 0 Å². The van der Waals surface area contributed by atoms with E-state index in [1.807, 2.05) is 0 Å². The molecule has 1 aromatic rings. The van der Waals surface area contributed by atoms with Crippen LogP contribution in [0.5, 0.6) is 0 Å². The first-order valence-corrected chi connectivity index (χ1v) is 7.03. The van der Waals surface area contributed by atoms with Gasteiger partial charge < -0.3 is 10.0 Å². The fraction of sp³-hybridized carbons (Fsp3) is 0.375. The van der Waals surface area contributed by atoms with Gasteiger partial charge in [-0.2, -0.15) is 0 Å². The number of rotatable bonds is 4. The lowest BCUT2D eigenvalue weighted by molar-refractivity contribution is -0.132. The van der Waals surface area contributed by atoms with E-state index in [1.165, 1.54) is 12.1 Å². The van der Waals surface area contributed by atoms with Gasteiger partial charge in [0.25, 0.3) is 0 Å². The molecule has 1 heterocycles. The summed E-state index contributed by atoms with van der Waals surface area (Å²) in [6.45, 7) is 0.937. The quantitative estimate of drug-likeness (QED) is 0.868. The van der Waals surface area contributed by atoms with Crippen LogP contribution in [0.4, 0.5) is 4.39 Å². The lowest BCUT2D eigenvalue weighted by Gasteiger charge is -2.20. The van der Waals surface area contributed by atoms with Gasteiger partial charge in [0.1, 0.15) is 5.82 Å². The van der Waals surface area contributed by atoms with E-state index in [1.54, 1.807) is 17.0 Å². The number of aliphatic carboxylic acids is 1. The minimum atomic E-state index is -1.07. The second-order valence-electron chi connectivity index (χ2n) is 5.15. The third-order valence-corrected chi connectivity index (χ3v) is 3.53. The molecule has 0 aromatic heterocycles. The van der Waals surface area contributed by atoms with E-state index in [0.29, 0.717) is 24.1 Å². The van der Waals surface area contributed by atoms with Crippen molar-refractivity contribution in [3.8, 4) is 0 Å². The molecule has 112 valence electrons. The Labute approximate surface area is 122 Å². The van der Waals surface area contributed by atoms with Gasteiger partial charge in [-0.05, 0) is 30.5 Å². The van der Waals surface area contributed by atoms with Crippen molar-refractivity contribution in [3.05, 3.63) is 41.2 Å². The van der Waals surface area contributed by atoms with Gasteiger partial charge in [0.15, 0.2) is 0 Å². The van der Waals surface area contributed by atoms with Crippen molar-refractivity contribution in [1.82, 2.24) is 4.90 Å². The highest BCUT2D eigenvalue weighted by atomic mass is 19.1. The minimum Gasteiger partial charge on any atom is -0.478 e. The van der Waals surface area contributed by atoms with Crippen LogP contribution >= 0.6 is 0 Å². The van der Waals surface area contributed by atoms with Gasteiger partial charge in [0, 0.05) is 31.1 Å². The summed E-state index contributed by atoms with van der Waals surface area (Å²) >= 11 is 0. The molecule has 1 aromatic carbocycles. The number of halogens is 1. The number of carbonyl (C=O) groups excluding carboxylic acids is 1. The largest absolute Gasteiger partial charge is 0.478 e. The molecule has 0 unspecified atom stereocenters.